The second kappa shape index (κ2) is 10.0. The molecule has 32 heavy (non-hydrogen) atoms. The highest BCUT2D eigenvalue weighted by Gasteiger charge is 2.30. The number of aryl methyl sites for hydroxylation is 1. The van der Waals surface area contributed by atoms with Crippen LogP contribution in [0.25, 0.3) is 0 Å². The van der Waals surface area contributed by atoms with E-state index in [1.807, 2.05) is 0 Å². The van der Waals surface area contributed by atoms with E-state index in [-0.39, 0.29) is 12.5 Å². The highest BCUT2D eigenvalue weighted by molar-refractivity contribution is 5.94. The van der Waals surface area contributed by atoms with Gasteiger partial charge in [-0.15, -0.1) is 0 Å². The average molecular weight is 449 g/mol. The van der Waals surface area contributed by atoms with Gasteiger partial charge in [0.25, 0.3) is 0 Å². The topological polar surface area (TPSA) is 72.9 Å². The molecule has 0 spiro atoms. The number of nitrogens with one attached hydrogen (secondary N) is 1. The maximum Gasteiger partial charge on any atom is 0.416 e. The highest BCUT2D eigenvalue weighted by Crippen LogP contribution is 2.30. The van der Waals surface area contributed by atoms with Crippen molar-refractivity contribution >= 4 is 23.4 Å². The fourth-order valence-electron chi connectivity index (χ4n) is 3.72. The third kappa shape index (κ3) is 6.23. The molecule has 1 fully saturated rings. The van der Waals surface area contributed by atoms with Gasteiger partial charge in [0.05, 0.1) is 18.7 Å². The zero-order valence-corrected chi connectivity index (χ0v) is 17.8. The van der Waals surface area contributed by atoms with Crippen LogP contribution in [0.2, 0.25) is 0 Å². The molecule has 0 aliphatic carbocycles. The molecule has 2 aromatic rings. The zero-order valence-electron chi connectivity index (χ0n) is 17.8. The van der Waals surface area contributed by atoms with Crippen LogP contribution < -0.4 is 10.2 Å². The van der Waals surface area contributed by atoms with Crippen LogP contribution in [0, 0.1) is 6.92 Å². The number of nitrogens with zero attached hydrogens (tertiary/aromatic N) is 2. The molecular weight excluding hydrogens is 423 g/mol. The van der Waals surface area contributed by atoms with Crippen molar-refractivity contribution in [3.05, 3.63) is 59.2 Å². The molecule has 1 heterocycles. The molecule has 0 unspecified atom stereocenters. The van der Waals surface area contributed by atoms with E-state index in [2.05, 4.69) is 10.2 Å². The number of carbonyl (C=O) groups excluding carboxylic acids is 1. The van der Waals surface area contributed by atoms with Crippen molar-refractivity contribution in [2.75, 3.05) is 29.9 Å². The summed E-state index contributed by atoms with van der Waals surface area (Å²) < 4.78 is 38.2. The third-order valence-electron chi connectivity index (χ3n) is 5.46. The molecule has 1 saturated heterocycles. The molecule has 0 bridgehead atoms. The predicted molar refractivity (Wildman–Crippen MR) is 116 cm³/mol. The van der Waals surface area contributed by atoms with Crippen LogP contribution in [0.3, 0.4) is 0 Å². The lowest BCUT2D eigenvalue weighted by atomic mass is 10.1. The summed E-state index contributed by atoms with van der Waals surface area (Å²) in [6.45, 7) is 3.79. The molecule has 9 heteroatoms. The summed E-state index contributed by atoms with van der Waals surface area (Å²) in [5.74, 6) is -0.123. The number of likely N-dealkylation sites (tertiary alicyclic amines) is 1. The van der Waals surface area contributed by atoms with Crippen molar-refractivity contribution in [2.24, 2.45) is 0 Å². The first-order valence-corrected chi connectivity index (χ1v) is 10.4. The second-order valence-electron chi connectivity index (χ2n) is 7.95. The number of carboxylic acid groups (broad SMARTS) is 1. The third-order valence-corrected chi connectivity index (χ3v) is 5.46. The van der Waals surface area contributed by atoms with E-state index in [4.69, 9.17) is 0 Å². The average Bonchev–Trinajstić information content (AvgIpc) is 2.74. The Morgan fingerprint density at radius 3 is 2.28 bits per heavy atom. The minimum Gasteiger partial charge on any atom is -0.465 e. The lowest BCUT2D eigenvalue weighted by Crippen LogP contribution is -2.36. The van der Waals surface area contributed by atoms with E-state index in [0.29, 0.717) is 29.0 Å². The van der Waals surface area contributed by atoms with Crippen molar-refractivity contribution < 1.29 is 27.9 Å². The van der Waals surface area contributed by atoms with Crippen LogP contribution in [0.15, 0.2) is 42.5 Å². The quantitative estimate of drug-likeness (QED) is 0.642. The van der Waals surface area contributed by atoms with E-state index in [1.54, 1.807) is 25.1 Å². The second-order valence-corrected chi connectivity index (χ2v) is 7.95. The lowest BCUT2D eigenvalue weighted by Gasteiger charge is -2.26. The molecular formula is C23H26F3N3O3. The van der Waals surface area contributed by atoms with E-state index in [0.717, 1.165) is 43.0 Å². The summed E-state index contributed by atoms with van der Waals surface area (Å²) >= 11 is 0. The number of benzene rings is 2. The number of hydrogen-bond acceptors (Lipinski definition) is 3. The number of piperidine rings is 1. The molecule has 0 atom stereocenters. The molecule has 3 rings (SSSR count). The predicted octanol–water partition coefficient (Wildman–Crippen LogP) is 5.12. The minimum absolute atomic E-state index is 0.104. The Balaban J connectivity index is 1.68. The van der Waals surface area contributed by atoms with E-state index >= 15 is 0 Å². The Morgan fingerprint density at radius 1 is 1.06 bits per heavy atom. The van der Waals surface area contributed by atoms with Gasteiger partial charge >= 0.3 is 12.3 Å². The summed E-state index contributed by atoms with van der Waals surface area (Å²) in [5, 5.41) is 12.5. The van der Waals surface area contributed by atoms with Gasteiger partial charge in [0.1, 0.15) is 0 Å². The monoisotopic (exact) mass is 449 g/mol. The fourth-order valence-corrected chi connectivity index (χ4v) is 3.72. The van der Waals surface area contributed by atoms with Gasteiger partial charge in [-0.3, -0.25) is 14.6 Å². The number of carbonyl (C=O) groups is 2. The number of amides is 2. The standard InChI is InChI=1S/C23H26F3N3O3/c1-16-13-19(9-10-20(16)27-21(30)15-28-11-3-2-4-12-28)29(22(31)32)14-17-5-7-18(8-6-17)23(24,25)26/h5-10,13H,2-4,11-12,14-15H2,1H3,(H,27,30)(H,31,32). The summed E-state index contributed by atoms with van der Waals surface area (Å²) in [5.41, 5.74) is 1.29. The van der Waals surface area contributed by atoms with Gasteiger partial charge in [-0.05, 0) is 74.3 Å². The zero-order chi connectivity index (χ0) is 23.3. The molecule has 2 N–H and O–H groups in total. The van der Waals surface area contributed by atoms with Gasteiger partial charge in [-0.2, -0.15) is 13.2 Å². The maximum atomic E-state index is 12.7. The van der Waals surface area contributed by atoms with Crippen molar-refractivity contribution in [1.29, 1.82) is 0 Å². The summed E-state index contributed by atoms with van der Waals surface area (Å²) in [6, 6.07) is 9.24. The molecule has 0 radical (unpaired) electrons. The van der Waals surface area contributed by atoms with Gasteiger partial charge < -0.3 is 10.4 Å². The Morgan fingerprint density at radius 2 is 1.72 bits per heavy atom. The first kappa shape index (κ1) is 23.6. The number of halogens is 3. The normalized spacial score (nSPS) is 14.8. The molecule has 172 valence electrons. The molecule has 0 aromatic heterocycles. The molecule has 2 amide bonds. The smallest absolute Gasteiger partial charge is 0.416 e. The summed E-state index contributed by atoms with van der Waals surface area (Å²) in [7, 11) is 0. The maximum absolute atomic E-state index is 12.7. The molecule has 0 saturated carbocycles. The fraction of sp³-hybridized carbons (Fsp3) is 0.391. The number of hydrogen-bond donors (Lipinski definition) is 2. The van der Waals surface area contributed by atoms with Crippen LogP contribution in [0.5, 0.6) is 0 Å². The Hall–Kier alpha value is -3.07. The van der Waals surface area contributed by atoms with Crippen molar-refractivity contribution in [2.45, 2.75) is 38.9 Å². The van der Waals surface area contributed by atoms with Crippen LogP contribution in [0.4, 0.5) is 29.3 Å². The number of rotatable bonds is 6. The summed E-state index contributed by atoms with van der Waals surface area (Å²) in [4.78, 5) is 27.3. The van der Waals surface area contributed by atoms with E-state index in [9.17, 15) is 27.9 Å². The van der Waals surface area contributed by atoms with Gasteiger partial charge in [0, 0.05) is 11.4 Å². The molecule has 6 nitrogen and oxygen atoms in total. The van der Waals surface area contributed by atoms with Gasteiger partial charge in [-0.25, -0.2) is 4.79 Å². The van der Waals surface area contributed by atoms with Gasteiger partial charge in [0.15, 0.2) is 0 Å². The van der Waals surface area contributed by atoms with Gasteiger partial charge in [0.2, 0.25) is 5.91 Å². The van der Waals surface area contributed by atoms with Gasteiger partial charge in [-0.1, -0.05) is 18.6 Å². The SMILES string of the molecule is Cc1cc(N(Cc2ccc(C(F)(F)F)cc2)C(=O)O)ccc1NC(=O)CN1CCCCC1. The minimum atomic E-state index is -4.45. The Bertz CT molecular complexity index is 955. The van der Waals surface area contributed by atoms with Crippen molar-refractivity contribution in [3.63, 3.8) is 0 Å². The van der Waals surface area contributed by atoms with E-state index in [1.165, 1.54) is 18.6 Å². The molecule has 1 aliphatic heterocycles. The lowest BCUT2D eigenvalue weighted by molar-refractivity contribution is -0.137. The Labute approximate surface area is 184 Å². The Kier molecular flexibility index (Phi) is 7.40. The summed E-state index contributed by atoms with van der Waals surface area (Å²) in [6.07, 6.45) is -2.32. The first-order valence-electron chi connectivity index (χ1n) is 10.4. The number of anilines is 2. The van der Waals surface area contributed by atoms with Crippen LogP contribution in [0.1, 0.15) is 36.0 Å². The first-order chi connectivity index (χ1) is 15.1. The largest absolute Gasteiger partial charge is 0.465 e. The van der Waals surface area contributed by atoms with Crippen LogP contribution >= 0.6 is 0 Å². The highest BCUT2D eigenvalue weighted by atomic mass is 19.4. The molecule has 2 aromatic carbocycles. The van der Waals surface area contributed by atoms with Crippen molar-refractivity contribution in [1.82, 2.24) is 4.90 Å². The van der Waals surface area contributed by atoms with Crippen LogP contribution in [-0.4, -0.2) is 41.6 Å². The molecule has 1 aliphatic rings. The van der Waals surface area contributed by atoms with E-state index < -0.39 is 17.8 Å². The number of alkyl halides is 3. The van der Waals surface area contributed by atoms with Crippen LogP contribution in [-0.2, 0) is 17.5 Å². The van der Waals surface area contributed by atoms with Crippen molar-refractivity contribution in [3.8, 4) is 0 Å².